The largest absolute Gasteiger partial charge is 0.507 e. The van der Waals surface area contributed by atoms with Gasteiger partial charge in [0.15, 0.2) is 0 Å². The van der Waals surface area contributed by atoms with Crippen LogP contribution in [-0.4, -0.2) is 18.1 Å². The number of benzene rings is 1. The predicted molar refractivity (Wildman–Crippen MR) is 82.1 cm³/mol. The van der Waals surface area contributed by atoms with Gasteiger partial charge < -0.3 is 15.2 Å². The SMILES string of the molecule is COc1ccc(O)c(C(=O)NC2CCCc3sccc32)c1. The maximum absolute atomic E-state index is 12.4. The Labute approximate surface area is 127 Å². The van der Waals surface area contributed by atoms with Crippen LogP contribution in [0.1, 0.15) is 39.7 Å². The molecule has 0 saturated carbocycles. The van der Waals surface area contributed by atoms with E-state index in [1.165, 1.54) is 23.6 Å². The summed E-state index contributed by atoms with van der Waals surface area (Å²) in [5.41, 5.74) is 1.46. The lowest BCUT2D eigenvalue weighted by molar-refractivity contribution is 0.0930. The van der Waals surface area contributed by atoms with Gasteiger partial charge >= 0.3 is 0 Å². The molecule has 1 aliphatic carbocycles. The van der Waals surface area contributed by atoms with Gasteiger partial charge in [-0.3, -0.25) is 4.79 Å². The third-order valence-electron chi connectivity index (χ3n) is 3.81. The molecule has 0 spiro atoms. The van der Waals surface area contributed by atoms with E-state index >= 15 is 0 Å². The van der Waals surface area contributed by atoms with E-state index in [0.717, 1.165) is 19.3 Å². The quantitative estimate of drug-likeness (QED) is 0.915. The summed E-state index contributed by atoms with van der Waals surface area (Å²) in [6.45, 7) is 0. The molecular weight excluding hydrogens is 286 g/mol. The number of fused-ring (bicyclic) bond motifs is 1. The second-order valence-corrected chi connectivity index (χ2v) is 6.10. The van der Waals surface area contributed by atoms with Crippen LogP contribution in [-0.2, 0) is 6.42 Å². The maximum atomic E-state index is 12.4. The second-order valence-electron chi connectivity index (χ2n) is 5.10. The Bertz CT molecular complexity index is 665. The smallest absolute Gasteiger partial charge is 0.255 e. The highest BCUT2D eigenvalue weighted by Crippen LogP contribution is 2.34. The Balaban J connectivity index is 1.82. The summed E-state index contributed by atoms with van der Waals surface area (Å²) in [6, 6.07) is 6.77. The number of aromatic hydroxyl groups is 1. The summed E-state index contributed by atoms with van der Waals surface area (Å²) in [5.74, 6) is 0.253. The maximum Gasteiger partial charge on any atom is 0.255 e. The summed E-state index contributed by atoms with van der Waals surface area (Å²) >= 11 is 1.74. The number of hydrogen-bond donors (Lipinski definition) is 2. The number of phenols is 1. The molecular formula is C16H17NO3S. The van der Waals surface area contributed by atoms with Gasteiger partial charge in [-0.15, -0.1) is 11.3 Å². The van der Waals surface area contributed by atoms with E-state index in [1.54, 1.807) is 23.5 Å². The van der Waals surface area contributed by atoms with Crippen LogP contribution in [0.15, 0.2) is 29.6 Å². The predicted octanol–water partition coefficient (Wildman–Crippen LogP) is 3.27. The van der Waals surface area contributed by atoms with Gasteiger partial charge in [0.1, 0.15) is 11.5 Å². The number of phenolic OH excluding ortho intramolecular Hbond substituents is 1. The molecule has 0 aliphatic heterocycles. The molecule has 0 radical (unpaired) electrons. The van der Waals surface area contributed by atoms with E-state index in [9.17, 15) is 9.90 Å². The molecule has 1 amide bonds. The molecule has 110 valence electrons. The van der Waals surface area contributed by atoms with Gasteiger partial charge in [0.25, 0.3) is 5.91 Å². The molecule has 4 nitrogen and oxygen atoms in total. The van der Waals surface area contributed by atoms with Crippen molar-refractivity contribution >= 4 is 17.2 Å². The van der Waals surface area contributed by atoms with E-state index in [-0.39, 0.29) is 23.3 Å². The summed E-state index contributed by atoms with van der Waals surface area (Å²) in [6.07, 6.45) is 3.09. The number of amides is 1. The van der Waals surface area contributed by atoms with Gasteiger partial charge in [-0.1, -0.05) is 0 Å². The highest BCUT2D eigenvalue weighted by Gasteiger charge is 2.24. The lowest BCUT2D eigenvalue weighted by Crippen LogP contribution is -2.30. The van der Waals surface area contributed by atoms with E-state index in [2.05, 4.69) is 16.8 Å². The van der Waals surface area contributed by atoms with Gasteiger partial charge in [-0.05, 0) is 54.5 Å². The minimum absolute atomic E-state index is 0.0260. The normalized spacial score (nSPS) is 17.1. The minimum atomic E-state index is -0.268. The van der Waals surface area contributed by atoms with Gasteiger partial charge in [-0.25, -0.2) is 0 Å². The summed E-state index contributed by atoms with van der Waals surface area (Å²) < 4.78 is 5.10. The number of ether oxygens (including phenoxy) is 1. The van der Waals surface area contributed by atoms with Crippen LogP contribution in [0.2, 0.25) is 0 Å². The average molecular weight is 303 g/mol. The first-order valence-corrected chi connectivity index (χ1v) is 7.81. The molecule has 1 atom stereocenters. The number of hydrogen-bond acceptors (Lipinski definition) is 4. The van der Waals surface area contributed by atoms with Crippen LogP contribution in [0.3, 0.4) is 0 Å². The van der Waals surface area contributed by atoms with Crippen molar-refractivity contribution in [3.05, 3.63) is 45.6 Å². The standard InChI is InChI=1S/C16H17NO3S/c1-20-10-5-6-14(18)12(9-10)16(19)17-13-3-2-4-15-11(13)7-8-21-15/h5-9,13,18H,2-4H2,1H3,(H,17,19). The van der Waals surface area contributed by atoms with Crippen molar-refractivity contribution in [2.45, 2.75) is 25.3 Å². The Morgan fingerprint density at radius 3 is 3.10 bits per heavy atom. The van der Waals surface area contributed by atoms with Crippen molar-refractivity contribution in [1.82, 2.24) is 5.32 Å². The molecule has 5 heteroatoms. The van der Waals surface area contributed by atoms with Crippen molar-refractivity contribution in [2.24, 2.45) is 0 Å². The van der Waals surface area contributed by atoms with E-state index in [0.29, 0.717) is 5.75 Å². The van der Waals surface area contributed by atoms with Crippen molar-refractivity contribution in [3.63, 3.8) is 0 Å². The van der Waals surface area contributed by atoms with Gasteiger partial charge in [0.2, 0.25) is 0 Å². The molecule has 21 heavy (non-hydrogen) atoms. The second kappa shape index (κ2) is 5.77. The number of aryl methyl sites for hydroxylation is 1. The van der Waals surface area contributed by atoms with Crippen LogP contribution in [0.4, 0.5) is 0 Å². The zero-order chi connectivity index (χ0) is 14.8. The molecule has 1 aromatic carbocycles. The van der Waals surface area contributed by atoms with Crippen molar-refractivity contribution in [2.75, 3.05) is 7.11 Å². The number of methoxy groups -OCH3 is 1. The fourth-order valence-corrected chi connectivity index (χ4v) is 3.68. The number of rotatable bonds is 3. The van der Waals surface area contributed by atoms with Gasteiger partial charge in [0, 0.05) is 4.88 Å². The summed E-state index contributed by atoms with van der Waals surface area (Å²) in [4.78, 5) is 13.8. The lowest BCUT2D eigenvalue weighted by atomic mass is 9.94. The van der Waals surface area contributed by atoms with Crippen molar-refractivity contribution in [3.8, 4) is 11.5 Å². The first kappa shape index (κ1) is 13.9. The van der Waals surface area contributed by atoms with Crippen LogP contribution >= 0.6 is 11.3 Å². The molecule has 0 fully saturated rings. The van der Waals surface area contributed by atoms with Gasteiger partial charge in [-0.2, -0.15) is 0 Å². The van der Waals surface area contributed by atoms with Crippen LogP contribution in [0, 0.1) is 0 Å². The Morgan fingerprint density at radius 2 is 2.29 bits per heavy atom. The van der Waals surface area contributed by atoms with Crippen molar-refractivity contribution in [1.29, 1.82) is 0 Å². The molecule has 1 unspecified atom stereocenters. The number of carbonyl (C=O) groups excluding carboxylic acids is 1. The van der Waals surface area contributed by atoms with Crippen molar-refractivity contribution < 1.29 is 14.6 Å². The first-order chi connectivity index (χ1) is 10.2. The first-order valence-electron chi connectivity index (χ1n) is 6.93. The summed E-state index contributed by atoms with van der Waals surface area (Å²) in [5, 5.41) is 15.0. The topological polar surface area (TPSA) is 58.6 Å². The van der Waals surface area contributed by atoms with Crippen LogP contribution < -0.4 is 10.1 Å². The molecule has 1 aromatic heterocycles. The van der Waals surface area contributed by atoms with Gasteiger partial charge in [0.05, 0.1) is 18.7 Å². The van der Waals surface area contributed by atoms with E-state index in [4.69, 9.17) is 4.74 Å². The number of thiophene rings is 1. The third kappa shape index (κ3) is 2.74. The third-order valence-corrected chi connectivity index (χ3v) is 4.80. The van der Waals surface area contributed by atoms with Crippen LogP contribution in [0.5, 0.6) is 11.5 Å². The number of carbonyl (C=O) groups is 1. The molecule has 1 heterocycles. The minimum Gasteiger partial charge on any atom is -0.507 e. The molecule has 1 aliphatic rings. The Kier molecular flexibility index (Phi) is 3.84. The number of nitrogens with one attached hydrogen (secondary N) is 1. The Morgan fingerprint density at radius 1 is 1.43 bits per heavy atom. The lowest BCUT2D eigenvalue weighted by Gasteiger charge is -2.24. The fraction of sp³-hybridized carbons (Fsp3) is 0.312. The zero-order valence-corrected chi connectivity index (χ0v) is 12.6. The fourth-order valence-electron chi connectivity index (χ4n) is 2.70. The zero-order valence-electron chi connectivity index (χ0n) is 11.8. The average Bonchev–Trinajstić information content (AvgIpc) is 2.97. The molecule has 3 rings (SSSR count). The molecule has 2 N–H and O–H groups in total. The monoisotopic (exact) mass is 303 g/mol. The molecule has 0 saturated heterocycles. The Hall–Kier alpha value is -2.01. The molecule has 2 aromatic rings. The van der Waals surface area contributed by atoms with E-state index in [1.807, 2.05) is 0 Å². The van der Waals surface area contributed by atoms with Crippen LogP contribution in [0.25, 0.3) is 0 Å². The highest BCUT2D eigenvalue weighted by molar-refractivity contribution is 7.10. The highest BCUT2D eigenvalue weighted by atomic mass is 32.1. The molecule has 0 bridgehead atoms. The van der Waals surface area contributed by atoms with E-state index < -0.39 is 0 Å². The summed E-state index contributed by atoms with van der Waals surface area (Å²) in [7, 11) is 1.53.